The van der Waals surface area contributed by atoms with Gasteiger partial charge in [0.25, 0.3) is 0 Å². The molecule has 0 heterocycles. The molecule has 26 heavy (non-hydrogen) atoms. The van der Waals surface area contributed by atoms with E-state index in [2.05, 4.69) is 26.1 Å². The molecule has 0 amide bonds. The Labute approximate surface area is 164 Å². The fraction of sp³-hybridized carbons (Fsp3) is 0.913. The molecule has 0 saturated heterocycles. The molecule has 0 aromatic carbocycles. The lowest BCUT2D eigenvalue weighted by molar-refractivity contribution is -0.910. The molecule has 0 radical (unpaired) electrons. The van der Waals surface area contributed by atoms with Crippen LogP contribution in [0.1, 0.15) is 96.8 Å². The van der Waals surface area contributed by atoms with Crippen LogP contribution in [0.15, 0.2) is 12.2 Å². The summed E-state index contributed by atoms with van der Waals surface area (Å²) in [6, 6.07) is 0. The molecule has 0 atom stereocenters. The Bertz CT molecular complexity index is 299. The molecule has 156 valence electrons. The van der Waals surface area contributed by atoms with Crippen LogP contribution in [-0.2, 0) is 0 Å². The third kappa shape index (κ3) is 17.1. The van der Waals surface area contributed by atoms with Gasteiger partial charge in [0.15, 0.2) is 0 Å². The van der Waals surface area contributed by atoms with E-state index in [-0.39, 0.29) is 13.2 Å². The van der Waals surface area contributed by atoms with Crippen molar-refractivity contribution >= 4 is 0 Å². The number of quaternary nitrogens is 1. The molecular weight excluding hydrogens is 322 g/mol. The van der Waals surface area contributed by atoms with E-state index in [0.29, 0.717) is 0 Å². The van der Waals surface area contributed by atoms with E-state index in [4.69, 9.17) is 10.2 Å². The summed E-state index contributed by atoms with van der Waals surface area (Å²) in [5, 5.41) is 18.3. The van der Waals surface area contributed by atoms with Crippen LogP contribution in [-0.4, -0.2) is 54.6 Å². The number of likely N-dealkylation sites (N-methyl/N-ethyl adjacent to an activating group) is 1. The van der Waals surface area contributed by atoms with Gasteiger partial charge in [-0.25, -0.2) is 0 Å². The van der Waals surface area contributed by atoms with E-state index in [1.54, 1.807) is 0 Å². The van der Waals surface area contributed by atoms with Crippen LogP contribution < -0.4 is 0 Å². The van der Waals surface area contributed by atoms with Gasteiger partial charge in [-0.05, 0) is 38.5 Å². The van der Waals surface area contributed by atoms with Crippen molar-refractivity contribution in [2.24, 2.45) is 0 Å². The maximum absolute atomic E-state index is 9.16. The number of unbranched alkanes of at least 4 members (excludes halogenated alkanes) is 12. The summed E-state index contributed by atoms with van der Waals surface area (Å²) < 4.78 is 0.802. The van der Waals surface area contributed by atoms with Crippen molar-refractivity contribution in [2.75, 3.05) is 39.9 Å². The molecule has 2 N–H and O–H groups in total. The van der Waals surface area contributed by atoms with E-state index >= 15 is 0 Å². The molecule has 0 aromatic heterocycles. The van der Waals surface area contributed by atoms with Crippen LogP contribution in [0.25, 0.3) is 0 Å². The Hall–Kier alpha value is -0.380. The minimum Gasteiger partial charge on any atom is -0.391 e. The minimum atomic E-state index is 0.211. The maximum Gasteiger partial charge on any atom is 0.102 e. The quantitative estimate of drug-likeness (QED) is 0.170. The van der Waals surface area contributed by atoms with Crippen LogP contribution in [0.2, 0.25) is 0 Å². The van der Waals surface area contributed by atoms with Crippen LogP contribution in [0.5, 0.6) is 0 Å². The Kier molecular flexibility index (Phi) is 19.1. The van der Waals surface area contributed by atoms with Gasteiger partial charge in [0, 0.05) is 0 Å². The molecular formula is C23H48NO2+. The summed E-state index contributed by atoms with van der Waals surface area (Å²) in [4.78, 5) is 0. The highest BCUT2D eigenvalue weighted by Gasteiger charge is 2.19. The van der Waals surface area contributed by atoms with Gasteiger partial charge in [-0.15, -0.1) is 0 Å². The fourth-order valence-electron chi connectivity index (χ4n) is 3.56. The van der Waals surface area contributed by atoms with E-state index in [1.165, 1.54) is 89.9 Å². The second-order valence-corrected chi connectivity index (χ2v) is 8.18. The van der Waals surface area contributed by atoms with Crippen LogP contribution in [0.4, 0.5) is 0 Å². The van der Waals surface area contributed by atoms with Crippen molar-refractivity contribution < 1.29 is 14.7 Å². The Morgan fingerprint density at radius 2 is 1.00 bits per heavy atom. The van der Waals surface area contributed by atoms with Gasteiger partial charge in [-0.1, -0.05) is 70.4 Å². The summed E-state index contributed by atoms with van der Waals surface area (Å²) in [7, 11) is 2.14. The highest BCUT2D eigenvalue weighted by Crippen LogP contribution is 2.11. The van der Waals surface area contributed by atoms with Crippen LogP contribution in [0, 0.1) is 0 Å². The molecule has 0 aromatic rings. The average molecular weight is 371 g/mol. The molecule has 0 bridgehead atoms. The second-order valence-electron chi connectivity index (χ2n) is 8.18. The number of hydrogen-bond donors (Lipinski definition) is 2. The summed E-state index contributed by atoms with van der Waals surface area (Å²) in [5.41, 5.74) is 0. The lowest BCUT2D eigenvalue weighted by atomic mass is 10.1. The molecule has 0 aliphatic carbocycles. The SMILES string of the molecule is CCCCCCCC/C=C/CCCCCCCC[N+](C)(CCO)CCO. The zero-order valence-electron chi connectivity index (χ0n) is 17.9. The number of aliphatic hydroxyl groups excluding tert-OH is 2. The standard InChI is InChI=1S/C23H48NO2/c1-3-4-5-6-7-8-9-10-11-12-13-14-15-16-17-18-19-24(2,20-22-25)21-23-26/h10-11,25-26H,3-9,12-23H2,1-2H3/q+1/b11-10+. The van der Waals surface area contributed by atoms with Crippen molar-refractivity contribution in [3.8, 4) is 0 Å². The average Bonchev–Trinajstić information content (AvgIpc) is 2.62. The normalized spacial score (nSPS) is 12.3. The van der Waals surface area contributed by atoms with Gasteiger partial charge in [-0.2, -0.15) is 0 Å². The van der Waals surface area contributed by atoms with Gasteiger partial charge in [0.2, 0.25) is 0 Å². The van der Waals surface area contributed by atoms with Gasteiger partial charge in [0.05, 0.1) is 26.8 Å². The van der Waals surface area contributed by atoms with E-state index in [0.717, 1.165) is 24.1 Å². The molecule has 0 aliphatic heterocycles. The van der Waals surface area contributed by atoms with Gasteiger partial charge in [0.1, 0.15) is 13.1 Å². The molecule has 0 rings (SSSR count). The van der Waals surface area contributed by atoms with Crippen molar-refractivity contribution in [1.29, 1.82) is 0 Å². The first kappa shape index (κ1) is 25.6. The zero-order chi connectivity index (χ0) is 19.3. The predicted octanol–water partition coefficient (Wildman–Crippen LogP) is 5.46. The lowest BCUT2D eigenvalue weighted by Crippen LogP contribution is -2.48. The van der Waals surface area contributed by atoms with Gasteiger partial charge < -0.3 is 14.7 Å². The van der Waals surface area contributed by atoms with Crippen LogP contribution >= 0.6 is 0 Å². The Balaban J connectivity index is 3.36. The number of aliphatic hydroxyl groups is 2. The van der Waals surface area contributed by atoms with Crippen molar-refractivity contribution in [3.05, 3.63) is 12.2 Å². The smallest absolute Gasteiger partial charge is 0.102 e. The molecule has 0 saturated carbocycles. The van der Waals surface area contributed by atoms with Crippen LogP contribution in [0.3, 0.4) is 0 Å². The van der Waals surface area contributed by atoms with E-state index in [9.17, 15) is 0 Å². The summed E-state index contributed by atoms with van der Waals surface area (Å²) in [5.74, 6) is 0. The summed E-state index contributed by atoms with van der Waals surface area (Å²) >= 11 is 0. The van der Waals surface area contributed by atoms with Gasteiger partial charge in [-0.3, -0.25) is 0 Å². The molecule has 3 nitrogen and oxygen atoms in total. The molecule has 0 aliphatic rings. The van der Waals surface area contributed by atoms with Crippen molar-refractivity contribution in [3.63, 3.8) is 0 Å². The third-order valence-corrected chi connectivity index (χ3v) is 5.49. The largest absolute Gasteiger partial charge is 0.391 e. The highest BCUT2D eigenvalue weighted by molar-refractivity contribution is 4.81. The number of hydrogen-bond acceptors (Lipinski definition) is 2. The first-order valence-corrected chi connectivity index (χ1v) is 11.4. The Morgan fingerprint density at radius 1 is 0.577 bits per heavy atom. The van der Waals surface area contributed by atoms with Crippen molar-refractivity contribution in [2.45, 2.75) is 96.8 Å². The number of nitrogens with zero attached hydrogens (tertiary/aromatic N) is 1. The monoisotopic (exact) mass is 370 g/mol. The highest BCUT2D eigenvalue weighted by atomic mass is 16.3. The molecule has 0 unspecified atom stereocenters. The first-order chi connectivity index (χ1) is 12.7. The molecule has 0 fully saturated rings. The fourth-order valence-corrected chi connectivity index (χ4v) is 3.56. The first-order valence-electron chi connectivity index (χ1n) is 11.4. The minimum absolute atomic E-state index is 0.211. The predicted molar refractivity (Wildman–Crippen MR) is 114 cm³/mol. The van der Waals surface area contributed by atoms with Gasteiger partial charge >= 0.3 is 0 Å². The Morgan fingerprint density at radius 3 is 1.46 bits per heavy atom. The number of allylic oxidation sites excluding steroid dienone is 2. The second kappa shape index (κ2) is 19.4. The summed E-state index contributed by atoms with van der Waals surface area (Å²) in [6.45, 7) is 5.28. The zero-order valence-corrected chi connectivity index (χ0v) is 17.9. The molecule has 0 spiro atoms. The lowest BCUT2D eigenvalue weighted by Gasteiger charge is -2.33. The van der Waals surface area contributed by atoms with Crippen molar-refractivity contribution in [1.82, 2.24) is 0 Å². The third-order valence-electron chi connectivity index (χ3n) is 5.49. The summed E-state index contributed by atoms with van der Waals surface area (Å²) in [6.07, 6.45) is 23.5. The van der Waals surface area contributed by atoms with E-state index in [1.807, 2.05) is 0 Å². The number of rotatable bonds is 20. The molecule has 3 heteroatoms. The van der Waals surface area contributed by atoms with E-state index < -0.39 is 0 Å². The topological polar surface area (TPSA) is 40.5 Å². The maximum atomic E-state index is 9.16.